The molecule has 2 aromatic carbocycles. The minimum absolute atomic E-state index is 0.0721. The topological polar surface area (TPSA) is 32.8 Å². The number of carbonyl (C=O) groups excluding carboxylic acids is 1. The van der Waals surface area contributed by atoms with Crippen LogP contribution in [0.2, 0.25) is 0 Å². The summed E-state index contributed by atoms with van der Waals surface area (Å²) in [7, 11) is 1.85. The lowest BCUT2D eigenvalue weighted by Gasteiger charge is -2.44. The summed E-state index contributed by atoms with van der Waals surface area (Å²) in [6.45, 7) is 3.90. The molecule has 3 aliphatic rings. The molecule has 2 aromatic rings. The van der Waals surface area contributed by atoms with E-state index in [1.807, 2.05) is 13.1 Å². The first-order chi connectivity index (χ1) is 13.7. The second kappa shape index (κ2) is 8.78. The van der Waals surface area contributed by atoms with Gasteiger partial charge in [-0.25, -0.2) is 4.79 Å². The normalized spacial score (nSPS) is 23.4. The standard InChI is InChI=1S/C24H30N2O2/c1-25(24(27)28-23-18-26-15-12-21(23)13-16-26)14-11-20-9-5-6-10-22(20)17-19-7-3-2-4-8-19/h2-10,21,23H,11-18H2,1H3. The molecule has 0 aliphatic carbocycles. The third-order valence-corrected chi connectivity index (χ3v) is 6.23. The molecule has 3 heterocycles. The summed E-state index contributed by atoms with van der Waals surface area (Å²) in [6, 6.07) is 19.1. The maximum atomic E-state index is 12.6. The smallest absolute Gasteiger partial charge is 0.409 e. The Balaban J connectivity index is 1.32. The number of nitrogens with zero attached hydrogens (tertiary/aromatic N) is 2. The summed E-state index contributed by atoms with van der Waals surface area (Å²) < 4.78 is 5.85. The third kappa shape index (κ3) is 4.56. The SMILES string of the molecule is CN(CCc1ccccc1Cc1ccccc1)C(=O)OC1CN2CCC1CC2. The zero-order valence-corrected chi connectivity index (χ0v) is 16.7. The average Bonchev–Trinajstić information content (AvgIpc) is 2.74. The van der Waals surface area contributed by atoms with Crippen molar-refractivity contribution in [3.63, 3.8) is 0 Å². The number of benzene rings is 2. The van der Waals surface area contributed by atoms with Gasteiger partial charge >= 0.3 is 6.09 Å². The zero-order chi connectivity index (χ0) is 19.3. The Bertz CT molecular complexity index is 784. The molecule has 0 N–H and O–H groups in total. The van der Waals surface area contributed by atoms with Crippen LogP contribution in [0.3, 0.4) is 0 Å². The van der Waals surface area contributed by atoms with Crippen LogP contribution in [0.25, 0.3) is 0 Å². The number of amides is 1. The molecule has 0 spiro atoms. The molecule has 0 radical (unpaired) electrons. The van der Waals surface area contributed by atoms with Gasteiger partial charge in [0, 0.05) is 20.1 Å². The highest BCUT2D eigenvalue weighted by Gasteiger charge is 2.36. The average molecular weight is 379 g/mol. The molecule has 1 unspecified atom stereocenters. The van der Waals surface area contributed by atoms with Crippen molar-refractivity contribution in [2.45, 2.75) is 31.8 Å². The predicted molar refractivity (Wildman–Crippen MR) is 111 cm³/mol. The van der Waals surface area contributed by atoms with Gasteiger partial charge in [-0.05, 0) is 61.4 Å². The minimum Gasteiger partial charge on any atom is -0.444 e. The monoisotopic (exact) mass is 378 g/mol. The van der Waals surface area contributed by atoms with Gasteiger partial charge in [-0.2, -0.15) is 0 Å². The summed E-state index contributed by atoms with van der Waals surface area (Å²) in [5.74, 6) is 0.550. The molecule has 28 heavy (non-hydrogen) atoms. The van der Waals surface area contributed by atoms with Crippen molar-refractivity contribution < 1.29 is 9.53 Å². The number of rotatable bonds is 6. The number of carbonyl (C=O) groups is 1. The number of hydrogen-bond acceptors (Lipinski definition) is 3. The second-order valence-corrected chi connectivity index (χ2v) is 8.16. The number of piperidine rings is 3. The molecule has 148 valence electrons. The molecule has 4 nitrogen and oxygen atoms in total. The minimum atomic E-state index is -0.181. The summed E-state index contributed by atoms with van der Waals surface area (Å²) in [5.41, 5.74) is 3.94. The Hall–Kier alpha value is -2.33. The van der Waals surface area contributed by atoms with Crippen molar-refractivity contribution in [1.82, 2.24) is 9.80 Å². The van der Waals surface area contributed by atoms with E-state index < -0.39 is 0 Å². The Labute approximate surface area is 168 Å². The van der Waals surface area contributed by atoms with E-state index in [0.29, 0.717) is 12.5 Å². The van der Waals surface area contributed by atoms with E-state index in [0.717, 1.165) is 45.3 Å². The molecule has 1 amide bonds. The molecule has 5 rings (SSSR count). The van der Waals surface area contributed by atoms with E-state index in [2.05, 4.69) is 53.4 Å². The van der Waals surface area contributed by atoms with Crippen LogP contribution in [0, 0.1) is 5.92 Å². The van der Waals surface area contributed by atoms with Crippen LogP contribution in [0.4, 0.5) is 4.79 Å². The summed E-state index contributed by atoms with van der Waals surface area (Å²) in [4.78, 5) is 16.7. The fraction of sp³-hybridized carbons (Fsp3) is 0.458. The van der Waals surface area contributed by atoms with E-state index in [9.17, 15) is 4.79 Å². The molecule has 3 saturated heterocycles. The predicted octanol–water partition coefficient (Wildman–Crippen LogP) is 3.98. The third-order valence-electron chi connectivity index (χ3n) is 6.23. The van der Waals surface area contributed by atoms with Crippen LogP contribution in [-0.4, -0.2) is 55.2 Å². The summed E-state index contributed by atoms with van der Waals surface area (Å²) >= 11 is 0. The van der Waals surface area contributed by atoms with Gasteiger partial charge in [0.05, 0.1) is 0 Å². The lowest BCUT2D eigenvalue weighted by Crippen LogP contribution is -2.52. The lowest BCUT2D eigenvalue weighted by atomic mass is 9.86. The van der Waals surface area contributed by atoms with Crippen molar-refractivity contribution in [1.29, 1.82) is 0 Å². The van der Waals surface area contributed by atoms with Gasteiger partial charge in [0.25, 0.3) is 0 Å². The molecule has 4 heteroatoms. The number of hydrogen-bond donors (Lipinski definition) is 0. The molecule has 3 fully saturated rings. The first-order valence-electron chi connectivity index (χ1n) is 10.4. The Kier molecular flexibility index (Phi) is 5.96. The fourth-order valence-corrected chi connectivity index (χ4v) is 4.43. The maximum Gasteiger partial charge on any atom is 0.409 e. The van der Waals surface area contributed by atoms with E-state index in [4.69, 9.17) is 4.74 Å². The van der Waals surface area contributed by atoms with Crippen molar-refractivity contribution in [3.8, 4) is 0 Å². The van der Waals surface area contributed by atoms with E-state index >= 15 is 0 Å². The molecule has 0 saturated carbocycles. The van der Waals surface area contributed by atoms with E-state index in [1.165, 1.54) is 16.7 Å². The van der Waals surface area contributed by atoms with Crippen LogP contribution in [0.1, 0.15) is 29.5 Å². The molecule has 0 aromatic heterocycles. The molecular weight excluding hydrogens is 348 g/mol. The lowest BCUT2D eigenvalue weighted by molar-refractivity contribution is -0.0418. The highest BCUT2D eigenvalue weighted by molar-refractivity contribution is 5.67. The fourth-order valence-electron chi connectivity index (χ4n) is 4.43. The number of ether oxygens (including phenoxy) is 1. The van der Waals surface area contributed by atoms with Gasteiger partial charge in [0.1, 0.15) is 6.10 Å². The van der Waals surface area contributed by atoms with Gasteiger partial charge in [-0.15, -0.1) is 0 Å². The molecular formula is C24H30N2O2. The second-order valence-electron chi connectivity index (χ2n) is 8.16. The van der Waals surface area contributed by atoms with Crippen LogP contribution < -0.4 is 0 Å². The van der Waals surface area contributed by atoms with Gasteiger partial charge in [-0.3, -0.25) is 4.90 Å². The van der Waals surface area contributed by atoms with Crippen LogP contribution in [0.5, 0.6) is 0 Å². The van der Waals surface area contributed by atoms with Gasteiger partial charge in [0.2, 0.25) is 0 Å². The van der Waals surface area contributed by atoms with Gasteiger partial charge in [0.15, 0.2) is 0 Å². The van der Waals surface area contributed by atoms with Gasteiger partial charge in [-0.1, -0.05) is 54.6 Å². The summed E-state index contributed by atoms with van der Waals surface area (Å²) in [5, 5.41) is 0. The Morgan fingerprint density at radius 2 is 1.71 bits per heavy atom. The van der Waals surface area contributed by atoms with Crippen LogP contribution in [-0.2, 0) is 17.6 Å². The maximum absolute atomic E-state index is 12.6. The molecule has 2 bridgehead atoms. The van der Waals surface area contributed by atoms with Gasteiger partial charge < -0.3 is 9.64 Å². The van der Waals surface area contributed by atoms with Crippen LogP contribution >= 0.6 is 0 Å². The highest BCUT2D eigenvalue weighted by Crippen LogP contribution is 2.29. The summed E-state index contributed by atoms with van der Waals surface area (Å²) in [6.07, 6.45) is 3.98. The largest absolute Gasteiger partial charge is 0.444 e. The van der Waals surface area contributed by atoms with Crippen molar-refractivity contribution >= 4 is 6.09 Å². The Morgan fingerprint density at radius 1 is 1.04 bits per heavy atom. The zero-order valence-electron chi connectivity index (χ0n) is 16.7. The number of likely N-dealkylation sites (N-methyl/N-ethyl adjacent to an activating group) is 1. The Morgan fingerprint density at radius 3 is 2.39 bits per heavy atom. The highest BCUT2D eigenvalue weighted by atomic mass is 16.6. The number of fused-ring (bicyclic) bond motifs is 3. The van der Waals surface area contributed by atoms with Crippen molar-refractivity contribution in [3.05, 3.63) is 71.3 Å². The van der Waals surface area contributed by atoms with E-state index in [-0.39, 0.29) is 12.2 Å². The van der Waals surface area contributed by atoms with E-state index in [1.54, 1.807) is 4.90 Å². The molecule has 1 atom stereocenters. The first-order valence-corrected chi connectivity index (χ1v) is 10.4. The van der Waals surface area contributed by atoms with Crippen molar-refractivity contribution in [2.24, 2.45) is 5.92 Å². The van der Waals surface area contributed by atoms with Crippen LogP contribution in [0.15, 0.2) is 54.6 Å². The quantitative estimate of drug-likeness (QED) is 0.762. The van der Waals surface area contributed by atoms with Crippen molar-refractivity contribution in [2.75, 3.05) is 33.2 Å². The molecule has 3 aliphatic heterocycles. The first kappa shape index (κ1) is 19.0.